The molecule has 160 valence electrons. The molecule has 1 saturated heterocycles. The van der Waals surface area contributed by atoms with Crippen LogP contribution in [0.15, 0.2) is 66.9 Å². The third kappa shape index (κ3) is 5.12. The largest absolute Gasteiger partial charge is 0.378 e. The van der Waals surface area contributed by atoms with Crippen LogP contribution in [0, 0.1) is 0 Å². The lowest BCUT2D eigenvalue weighted by Crippen LogP contribution is -2.47. The number of rotatable bonds is 7. The summed E-state index contributed by atoms with van der Waals surface area (Å²) < 4.78 is 0. The number of benzene rings is 2. The van der Waals surface area contributed by atoms with Gasteiger partial charge in [0.2, 0.25) is 0 Å². The molecule has 0 atom stereocenters. The van der Waals surface area contributed by atoms with E-state index in [-0.39, 0.29) is 0 Å². The Hall–Kier alpha value is -3.18. The summed E-state index contributed by atoms with van der Waals surface area (Å²) in [4.78, 5) is 22.6. The smallest absolute Gasteiger partial charge is 0.150 e. The molecule has 4 rings (SSSR count). The van der Waals surface area contributed by atoms with Crippen LogP contribution >= 0.6 is 0 Å². The van der Waals surface area contributed by atoms with Gasteiger partial charge in [0.05, 0.1) is 5.69 Å². The highest BCUT2D eigenvalue weighted by atomic mass is 16.1. The predicted molar refractivity (Wildman–Crippen MR) is 128 cm³/mol. The van der Waals surface area contributed by atoms with Crippen molar-refractivity contribution in [1.82, 2.24) is 9.88 Å². The van der Waals surface area contributed by atoms with Crippen LogP contribution in [0.1, 0.15) is 15.9 Å². The van der Waals surface area contributed by atoms with Gasteiger partial charge in [-0.15, -0.1) is 0 Å². The molecule has 0 unspecified atom stereocenters. The monoisotopic (exact) mass is 414 g/mol. The third-order valence-corrected chi connectivity index (χ3v) is 6.01. The number of hydrogen-bond acceptors (Lipinski definition) is 5. The molecule has 1 aliphatic heterocycles. The Balaban J connectivity index is 1.35. The fourth-order valence-corrected chi connectivity index (χ4v) is 4.09. The highest BCUT2D eigenvalue weighted by molar-refractivity contribution is 5.75. The summed E-state index contributed by atoms with van der Waals surface area (Å²) in [5.74, 6) is 0. The minimum absolute atomic E-state index is 0.728. The van der Waals surface area contributed by atoms with Crippen molar-refractivity contribution in [2.45, 2.75) is 6.42 Å². The number of nitrogens with zero attached hydrogens (tertiary/aromatic N) is 4. The number of piperazine rings is 1. The van der Waals surface area contributed by atoms with Crippen LogP contribution < -0.4 is 9.80 Å². The van der Waals surface area contributed by atoms with E-state index in [9.17, 15) is 4.79 Å². The minimum atomic E-state index is 0.728. The molecule has 1 aliphatic rings. The Kier molecular flexibility index (Phi) is 6.63. The lowest BCUT2D eigenvalue weighted by Gasteiger charge is -2.36. The van der Waals surface area contributed by atoms with Gasteiger partial charge in [0.15, 0.2) is 0 Å². The van der Waals surface area contributed by atoms with E-state index in [2.05, 4.69) is 64.1 Å². The molecule has 1 fully saturated rings. The molecule has 0 saturated carbocycles. The first kappa shape index (κ1) is 21.1. The van der Waals surface area contributed by atoms with Gasteiger partial charge in [-0.3, -0.25) is 14.7 Å². The van der Waals surface area contributed by atoms with Crippen LogP contribution in [0.3, 0.4) is 0 Å². The number of aldehydes is 1. The first-order valence-corrected chi connectivity index (χ1v) is 10.9. The van der Waals surface area contributed by atoms with E-state index >= 15 is 0 Å². The summed E-state index contributed by atoms with van der Waals surface area (Å²) in [5.41, 5.74) is 6.67. The van der Waals surface area contributed by atoms with Crippen molar-refractivity contribution < 1.29 is 4.79 Å². The lowest BCUT2D eigenvalue weighted by atomic mass is 10.0. The summed E-state index contributed by atoms with van der Waals surface area (Å²) in [7, 11) is 4.11. The fraction of sp³-hybridized carbons (Fsp3) is 0.308. The van der Waals surface area contributed by atoms with Crippen LogP contribution in [0.5, 0.6) is 0 Å². The van der Waals surface area contributed by atoms with Crippen LogP contribution in [-0.4, -0.2) is 63.0 Å². The van der Waals surface area contributed by atoms with Crippen molar-refractivity contribution in [2.75, 3.05) is 56.6 Å². The summed E-state index contributed by atoms with van der Waals surface area (Å²) in [6.07, 6.45) is 3.77. The van der Waals surface area contributed by atoms with E-state index in [1.165, 1.54) is 22.5 Å². The number of carbonyl (C=O) groups excluding carboxylic acids is 1. The predicted octanol–water partition coefficient (Wildman–Crippen LogP) is 3.99. The molecule has 0 amide bonds. The molecule has 0 aliphatic carbocycles. The topological polar surface area (TPSA) is 39.7 Å². The van der Waals surface area contributed by atoms with Crippen molar-refractivity contribution in [3.63, 3.8) is 0 Å². The molecular formula is C26H30N4O. The molecular weight excluding hydrogens is 384 g/mol. The maximum atomic E-state index is 10.9. The fourth-order valence-electron chi connectivity index (χ4n) is 4.09. The van der Waals surface area contributed by atoms with Crippen LogP contribution in [0.4, 0.5) is 11.4 Å². The van der Waals surface area contributed by atoms with Crippen molar-refractivity contribution in [3.8, 4) is 11.3 Å². The number of carbonyl (C=O) groups is 1. The Morgan fingerprint density at radius 1 is 0.935 bits per heavy atom. The quantitative estimate of drug-likeness (QED) is 0.547. The zero-order valence-corrected chi connectivity index (χ0v) is 18.4. The minimum Gasteiger partial charge on any atom is -0.378 e. The zero-order chi connectivity index (χ0) is 21.6. The molecule has 2 heterocycles. The van der Waals surface area contributed by atoms with Gasteiger partial charge in [-0.05, 0) is 54.4 Å². The van der Waals surface area contributed by atoms with Gasteiger partial charge in [-0.25, -0.2) is 0 Å². The summed E-state index contributed by atoms with van der Waals surface area (Å²) in [6.45, 7) is 5.14. The second-order valence-electron chi connectivity index (χ2n) is 8.24. The van der Waals surface area contributed by atoms with E-state index in [0.29, 0.717) is 0 Å². The summed E-state index contributed by atoms with van der Waals surface area (Å²) in [6, 6.07) is 20.7. The molecule has 31 heavy (non-hydrogen) atoms. The number of pyridine rings is 1. The Morgan fingerprint density at radius 3 is 2.29 bits per heavy atom. The highest BCUT2D eigenvalue weighted by Gasteiger charge is 2.17. The van der Waals surface area contributed by atoms with E-state index < -0.39 is 0 Å². The molecule has 5 nitrogen and oxygen atoms in total. The molecule has 0 bridgehead atoms. The maximum absolute atomic E-state index is 10.9. The van der Waals surface area contributed by atoms with Crippen LogP contribution in [0.2, 0.25) is 0 Å². The molecule has 0 N–H and O–H groups in total. The van der Waals surface area contributed by atoms with Gasteiger partial charge in [-0.2, -0.15) is 0 Å². The first-order valence-electron chi connectivity index (χ1n) is 10.9. The highest BCUT2D eigenvalue weighted by Crippen LogP contribution is 2.24. The van der Waals surface area contributed by atoms with Crippen molar-refractivity contribution in [3.05, 3.63) is 78.0 Å². The standard InChI is InChI=1S/C26H30N4O/c1-28(2)24-11-7-23(8-12-24)26-22(4-3-14-27-26)13-15-29-16-18-30(19-17-29)25-9-5-21(20-31)6-10-25/h3-12,14,20H,13,15-19H2,1-2H3. The number of anilines is 2. The van der Waals surface area contributed by atoms with Gasteiger partial charge in [0.1, 0.15) is 6.29 Å². The average Bonchev–Trinajstić information content (AvgIpc) is 2.83. The molecule has 2 aromatic carbocycles. The van der Waals surface area contributed by atoms with Crippen molar-refractivity contribution >= 4 is 17.7 Å². The van der Waals surface area contributed by atoms with Crippen molar-refractivity contribution in [2.24, 2.45) is 0 Å². The molecule has 5 heteroatoms. The van der Waals surface area contributed by atoms with E-state index in [1.54, 1.807) is 0 Å². The van der Waals surface area contributed by atoms with Crippen LogP contribution in [-0.2, 0) is 6.42 Å². The molecule has 1 aromatic heterocycles. The Bertz CT molecular complexity index is 991. The second kappa shape index (κ2) is 9.75. The number of hydrogen-bond donors (Lipinski definition) is 0. The van der Waals surface area contributed by atoms with Gasteiger partial charge in [-0.1, -0.05) is 18.2 Å². The Morgan fingerprint density at radius 2 is 1.65 bits per heavy atom. The summed E-state index contributed by atoms with van der Waals surface area (Å²) >= 11 is 0. The second-order valence-corrected chi connectivity index (χ2v) is 8.24. The average molecular weight is 415 g/mol. The zero-order valence-electron chi connectivity index (χ0n) is 18.4. The lowest BCUT2D eigenvalue weighted by molar-refractivity contribution is 0.112. The van der Waals surface area contributed by atoms with E-state index in [4.69, 9.17) is 0 Å². The normalized spacial score (nSPS) is 14.5. The SMILES string of the molecule is CN(C)c1ccc(-c2ncccc2CCN2CCN(c3ccc(C=O)cc3)CC2)cc1. The van der Waals surface area contributed by atoms with Gasteiger partial charge in [0.25, 0.3) is 0 Å². The van der Waals surface area contributed by atoms with Gasteiger partial charge < -0.3 is 9.80 Å². The number of aromatic nitrogens is 1. The first-order chi connectivity index (χ1) is 15.1. The molecule has 3 aromatic rings. The van der Waals surface area contributed by atoms with Gasteiger partial charge >= 0.3 is 0 Å². The molecule has 0 radical (unpaired) electrons. The van der Waals surface area contributed by atoms with Crippen molar-refractivity contribution in [1.29, 1.82) is 0 Å². The van der Waals surface area contributed by atoms with E-state index in [1.807, 2.05) is 36.5 Å². The van der Waals surface area contributed by atoms with Gasteiger partial charge in [0, 0.05) is 75.5 Å². The Labute approximate surface area is 184 Å². The van der Waals surface area contributed by atoms with E-state index in [0.717, 1.165) is 56.7 Å². The third-order valence-electron chi connectivity index (χ3n) is 6.01. The maximum Gasteiger partial charge on any atom is 0.150 e. The van der Waals surface area contributed by atoms with Crippen LogP contribution in [0.25, 0.3) is 11.3 Å². The molecule has 0 spiro atoms. The summed E-state index contributed by atoms with van der Waals surface area (Å²) in [5, 5.41) is 0.